The van der Waals surface area contributed by atoms with Crippen molar-refractivity contribution in [2.45, 2.75) is 140 Å². The van der Waals surface area contributed by atoms with Gasteiger partial charge in [0.2, 0.25) is 82.7 Å². The molecule has 0 aromatic heterocycles. The number of benzene rings is 2. The maximum atomic E-state index is 12.8. The van der Waals surface area contributed by atoms with Crippen LogP contribution < -0.4 is 84.6 Å². The fraction of sp³-hybridized carbons (Fsp3) is 0.515. The Morgan fingerprint density at radius 1 is 0.304 bits per heavy atom. The van der Waals surface area contributed by atoms with Gasteiger partial charge in [-0.1, -0.05) is 59.6 Å². The van der Waals surface area contributed by atoms with Crippen molar-refractivity contribution < 1.29 is 127 Å². The van der Waals surface area contributed by atoms with E-state index < -0.39 is 180 Å². The molecule has 2 rings (SSSR count). The number of anilines is 2. The molecule has 0 aliphatic heterocycles. The van der Waals surface area contributed by atoms with E-state index in [1.54, 1.807) is 0 Å². The number of thioether (sulfide) groups is 2. The van der Waals surface area contributed by atoms with Crippen molar-refractivity contribution in [2.24, 2.45) is 0 Å². The second-order valence-corrected chi connectivity index (χ2v) is 26.7. The van der Waals surface area contributed by atoms with Crippen LogP contribution in [-0.2, 0) is 86.3 Å². The highest BCUT2D eigenvalue weighted by molar-refractivity contribution is 8.14. The molecule has 2 aromatic rings. The molecule has 0 unspecified atom stereocenters. The Hall–Kier alpha value is -11.0. The van der Waals surface area contributed by atoms with Crippen LogP contribution in [0.1, 0.15) is 116 Å². The number of carboxylic acid groups (broad SMARTS) is 4. The van der Waals surface area contributed by atoms with Gasteiger partial charge < -0.3 is 94.9 Å². The number of carbonyl (C=O) groups excluding carboxylic acids is 16. The van der Waals surface area contributed by atoms with Crippen molar-refractivity contribution in [3.63, 3.8) is 0 Å². The summed E-state index contributed by atoms with van der Waals surface area (Å²) in [7, 11) is 0. The second-order valence-electron chi connectivity index (χ2n) is 23.9. The lowest BCUT2D eigenvalue weighted by molar-refractivity contribution is -0.142. The van der Waals surface area contributed by atoms with Crippen LogP contribution in [0.3, 0.4) is 0 Å². The van der Waals surface area contributed by atoms with Crippen molar-refractivity contribution in [3.05, 3.63) is 58.6 Å². The second kappa shape index (κ2) is 55.4. The average molecular weight is 1660 g/mol. The highest BCUT2D eigenvalue weighted by atomic mass is 35.5. The zero-order chi connectivity index (χ0) is 83.5. The van der Waals surface area contributed by atoms with E-state index in [-0.39, 0.29) is 150 Å². The van der Waals surface area contributed by atoms with E-state index in [0.29, 0.717) is 59.3 Å². The number of amides is 16. The van der Waals surface area contributed by atoms with Gasteiger partial charge in [0.15, 0.2) is 0 Å². The van der Waals surface area contributed by atoms with Crippen molar-refractivity contribution >= 4 is 175 Å². The minimum absolute atomic E-state index is 0.0231. The quantitative estimate of drug-likeness (QED) is 0.0198. The highest BCUT2D eigenvalue weighted by Gasteiger charge is 2.30. The topological polar surface area (TPSA) is 638 Å². The predicted molar refractivity (Wildman–Crippen MR) is 399 cm³/mol. The number of hydrogen-bond donors (Lipinski definition) is 20. The van der Waals surface area contributed by atoms with Gasteiger partial charge in [0.1, 0.15) is 37.3 Å². The molecule has 618 valence electrons. The molecule has 0 fully saturated rings. The van der Waals surface area contributed by atoms with Crippen LogP contribution in [0, 0.1) is 0 Å². The van der Waals surface area contributed by atoms with Crippen LogP contribution in [0.5, 0.6) is 0 Å². The van der Waals surface area contributed by atoms with Gasteiger partial charge in [0, 0.05) is 151 Å². The molecule has 0 saturated heterocycles. The van der Waals surface area contributed by atoms with E-state index in [4.69, 9.17) is 33.4 Å². The Labute approximate surface area is 658 Å². The lowest BCUT2D eigenvalue weighted by Crippen LogP contribution is -2.50. The van der Waals surface area contributed by atoms with Crippen LogP contribution in [0.15, 0.2) is 48.5 Å². The van der Waals surface area contributed by atoms with E-state index >= 15 is 0 Å². The summed E-state index contributed by atoms with van der Waals surface area (Å²) in [6.07, 6.45) is -1.07. The first-order valence-corrected chi connectivity index (χ1v) is 37.4. The zero-order valence-corrected chi connectivity index (χ0v) is 63.6. The summed E-state index contributed by atoms with van der Waals surface area (Å²) in [5.74, 6) is -15.9. The smallest absolute Gasteiger partial charge is 0.326 e. The van der Waals surface area contributed by atoms with Crippen LogP contribution in [0.25, 0.3) is 0 Å². The molecule has 2 aromatic carbocycles. The number of carbonyl (C=O) groups is 20. The van der Waals surface area contributed by atoms with Gasteiger partial charge in [0.25, 0.3) is 0 Å². The largest absolute Gasteiger partial charge is 0.480 e. The van der Waals surface area contributed by atoms with Crippen molar-refractivity contribution in [1.29, 1.82) is 0 Å². The maximum Gasteiger partial charge on any atom is 0.326 e. The summed E-state index contributed by atoms with van der Waals surface area (Å²) < 4.78 is 0. The monoisotopic (exact) mass is 1660 g/mol. The number of hydroxylamine groups is 2. The molecule has 0 saturated carbocycles. The molecule has 0 radical (unpaired) electrons. The van der Waals surface area contributed by atoms with Gasteiger partial charge in [-0.3, -0.25) is 96.7 Å². The zero-order valence-electron chi connectivity index (χ0n) is 60.5. The molecule has 112 heavy (non-hydrogen) atoms. The van der Waals surface area contributed by atoms with Gasteiger partial charge in [-0.05, 0) is 74.2 Å². The predicted octanol–water partition coefficient (Wildman–Crippen LogP) is -1.75. The first-order valence-electron chi connectivity index (χ1n) is 34.7. The minimum atomic E-state index is -1.60. The fourth-order valence-corrected chi connectivity index (χ4v) is 10.8. The number of carboxylic acids is 4. The molecule has 0 aliphatic carbocycles. The first kappa shape index (κ1) is 97.1. The summed E-state index contributed by atoms with van der Waals surface area (Å²) in [5.41, 5.74) is 0.0462. The number of nitrogens with one attached hydrogen (secondary N) is 14. The number of unbranched alkanes of at least 4 members (excludes halogenated alkanes) is 3. The van der Waals surface area contributed by atoms with E-state index in [2.05, 4.69) is 74.4 Å². The Balaban J connectivity index is 1.50. The maximum absolute atomic E-state index is 12.8. The van der Waals surface area contributed by atoms with E-state index in [9.17, 15) is 117 Å². The minimum Gasteiger partial charge on any atom is -0.480 e. The summed E-state index contributed by atoms with van der Waals surface area (Å²) in [4.78, 5) is 245. The molecule has 20 N–H and O–H groups in total. The lowest BCUT2D eigenvalue weighted by Gasteiger charge is -2.20. The van der Waals surface area contributed by atoms with Crippen LogP contribution in [0.4, 0.5) is 21.0 Å². The molecule has 4 atom stereocenters. The van der Waals surface area contributed by atoms with E-state index in [1.165, 1.54) is 48.5 Å². The molecule has 46 heteroatoms. The van der Waals surface area contributed by atoms with Crippen LogP contribution >= 0.6 is 46.7 Å². The number of aliphatic carboxylic acids is 4. The normalized spacial score (nSPS) is 11.6. The van der Waals surface area contributed by atoms with Crippen molar-refractivity contribution in [2.75, 3.05) is 87.1 Å². The third-order valence-electron chi connectivity index (χ3n) is 14.9. The number of hydrogen-bond acceptors (Lipinski definition) is 24. The SMILES string of the molecule is O=C(O)CNC(=O)[C@H](CSC(=O)N(O)c1ccc(Cl)cc1)NC(=O)CC[C@H](NC(=O)CCNC(=O)CCNC(=O)CCNC(=O)CCNC(=O)CCCCCCC(=O)NCCC(=O)NCCC(=O)NCCC(=O)NCCC(=O)N[C@@H](CCC(=O)N[C@@H](CSC(=O)N(O)c1ccc(Cl)cc1)C(=O)NCC(=O)O)C(=O)O)C(=O)O. The molecule has 42 nitrogen and oxygen atoms in total. The Bertz CT molecular complexity index is 3360. The molecule has 16 amide bonds. The summed E-state index contributed by atoms with van der Waals surface area (Å²) in [6.45, 7) is -2.41. The molecule has 0 aliphatic rings. The first-order chi connectivity index (χ1) is 53.1. The van der Waals surface area contributed by atoms with Gasteiger partial charge in [-0.25, -0.2) is 9.59 Å². The Morgan fingerprint density at radius 3 is 0.786 bits per heavy atom. The van der Waals surface area contributed by atoms with Gasteiger partial charge in [-0.2, -0.15) is 10.1 Å². The Morgan fingerprint density at radius 2 is 0.536 bits per heavy atom. The highest BCUT2D eigenvalue weighted by Crippen LogP contribution is 2.23. The molecule has 0 bridgehead atoms. The van der Waals surface area contributed by atoms with E-state index in [1.807, 2.05) is 0 Å². The average Bonchev–Trinajstić information content (AvgIpc) is 0.876. The van der Waals surface area contributed by atoms with Gasteiger partial charge in [0.05, 0.1) is 11.4 Å². The summed E-state index contributed by atoms with van der Waals surface area (Å²) in [5, 5.41) is 90.2. The third-order valence-corrected chi connectivity index (χ3v) is 17.2. The molecular weight excluding hydrogens is 1570 g/mol. The number of rotatable bonds is 55. The molecule has 0 spiro atoms. The number of halogens is 2. The fourth-order valence-electron chi connectivity index (χ4n) is 9.03. The van der Waals surface area contributed by atoms with Gasteiger partial charge in [-0.15, -0.1) is 0 Å². The third kappa shape index (κ3) is 45.9. The van der Waals surface area contributed by atoms with Crippen LogP contribution in [0.2, 0.25) is 10.0 Å². The van der Waals surface area contributed by atoms with Crippen LogP contribution in [-0.4, -0.2) is 249 Å². The van der Waals surface area contributed by atoms with E-state index in [0.717, 1.165) is 0 Å². The summed E-state index contributed by atoms with van der Waals surface area (Å²) >= 11 is 12.4. The number of nitrogens with zero attached hydrogens (tertiary/aromatic N) is 2. The van der Waals surface area contributed by atoms with Crippen molar-refractivity contribution in [1.82, 2.24) is 74.4 Å². The van der Waals surface area contributed by atoms with Crippen molar-refractivity contribution in [3.8, 4) is 0 Å². The molecule has 0 heterocycles. The molecular formula is C66H92Cl2N16O26S2. The lowest BCUT2D eigenvalue weighted by atomic mass is 10.1. The Kier molecular flexibility index (Phi) is 48.1. The standard InChI is InChI=1S/C66H92Cl2N16O26S2/c67-39-7-11-41(12-8-39)83(109)65(107)111-37-45(61(101)77-35-59(97)98)81-55(93)17-15-43(63(103)104)79-57(95)25-33-75-53(91)23-31-73-51(89)21-29-71-49(87)19-27-69-47(85)5-3-1-2-4-6-48(86)70-28-20-50(88)72-30-22-52(90)74-32-24-54(92)76-34-26-58(96)80-44(64(105)106)16-18-56(94)82-46(62(102)78-36-60(99)100)38-112-66(108)84(110)42-13-9-40(68)10-14-42/h7-14,43-46,109-110H,1-6,15-38H2,(H,69,85)(H,70,86)(H,71,87)(H,72,88)(H,73,89)(H,74,90)(H,75,91)(H,76,92)(H,77,101)(H,78,102)(H,79,95)(H,80,96)(H,81,93)(H,82,94)(H,97,98)(H,99,100)(H,103,104)(H,105,106)/t43-,44-,45-,46-/m0/s1. The summed E-state index contributed by atoms with van der Waals surface area (Å²) in [6, 6.07) is 4.62. The van der Waals surface area contributed by atoms with Gasteiger partial charge >= 0.3 is 34.4 Å².